The number of rotatable bonds is 2. The zero-order valence-corrected chi connectivity index (χ0v) is 12.1. The smallest absolute Gasteiger partial charge is 0.338 e. The number of hydrogen-bond acceptors (Lipinski definition) is 5. The maximum atomic E-state index is 12.0. The van der Waals surface area contributed by atoms with Crippen LogP contribution in [0.2, 0.25) is 0 Å². The Morgan fingerprint density at radius 1 is 1.20 bits per heavy atom. The summed E-state index contributed by atoms with van der Waals surface area (Å²) in [5, 5.41) is 1.72. The molecular formula is C14H12O4S2. The molecule has 2 heterocycles. The number of fused-ring (bicyclic) bond motifs is 1. The van der Waals surface area contributed by atoms with Gasteiger partial charge in [0.15, 0.2) is 9.84 Å². The third-order valence-electron chi connectivity index (χ3n) is 3.20. The molecule has 0 unspecified atom stereocenters. The summed E-state index contributed by atoms with van der Waals surface area (Å²) in [5.74, 6) is -0.403. The second-order valence-corrected chi connectivity index (χ2v) is 7.75. The molecule has 104 valence electrons. The summed E-state index contributed by atoms with van der Waals surface area (Å²) in [7, 11) is -3.20. The van der Waals surface area contributed by atoms with Crippen LogP contribution in [0, 0.1) is 0 Å². The summed E-state index contributed by atoms with van der Waals surface area (Å²) in [6, 6.07) is 10.4. The molecule has 6 heteroatoms. The zero-order chi connectivity index (χ0) is 14.2. The van der Waals surface area contributed by atoms with E-state index in [1.54, 1.807) is 35.7 Å². The van der Waals surface area contributed by atoms with Gasteiger partial charge in [0.05, 0.1) is 11.3 Å². The third-order valence-corrected chi connectivity index (χ3v) is 6.54. The van der Waals surface area contributed by atoms with E-state index in [1.165, 1.54) is 11.3 Å². The van der Waals surface area contributed by atoms with Crippen LogP contribution in [0.4, 0.5) is 0 Å². The number of esters is 1. The molecule has 0 spiro atoms. The molecule has 1 atom stereocenters. The standard InChI is InChI=1S/C14H12O4S2/c15-13(10-4-2-1-3-5-10)18-12-7-9-20(16,17)14-11(12)6-8-19-14/h1-6,8,12H,7,9H2/t12-/m0/s1. The fourth-order valence-electron chi connectivity index (χ4n) is 2.20. The summed E-state index contributed by atoms with van der Waals surface area (Å²) in [4.78, 5) is 12.0. The molecule has 0 amide bonds. The molecule has 1 aromatic carbocycles. The molecule has 0 N–H and O–H groups in total. The highest BCUT2D eigenvalue weighted by molar-refractivity contribution is 7.93. The lowest BCUT2D eigenvalue weighted by atomic mass is 10.1. The van der Waals surface area contributed by atoms with Crippen LogP contribution in [-0.2, 0) is 14.6 Å². The summed E-state index contributed by atoms with van der Waals surface area (Å²) in [5.41, 5.74) is 1.07. The van der Waals surface area contributed by atoms with E-state index < -0.39 is 21.9 Å². The molecule has 0 saturated heterocycles. The quantitative estimate of drug-likeness (QED) is 0.800. The Balaban J connectivity index is 1.86. The topological polar surface area (TPSA) is 60.4 Å². The van der Waals surface area contributed by atoms with Crippen LogP contribution in [0.15, 0.2) is 46.0 Å². The minimum Gasteiger partial charge on any atom is -0.454 e. The Morgan fingerprint density at radius 2 is 1.95 bits per heavy atom. The average Bonchev–Trinajstić information content (AvgIpc) is 2.94. The second kappa shape index (κ2) is 5.03. The van der Waals surface area contributed by atoms with E-state index in [4.69, 9.17) is 4.74 Å². The lowest BCUT2D eigenvalue weighted by Gasteiger charge is -2.22. The highest BCUT2D eigenvalue weighted by Gasteiger charge is 2.33. The maximum absolute atomic E-state index is 12.0. The van der Waals surface area contributed by atoms with Gasteiger partial charge in [-0.15, -0.1) is 11.3 Å². The summed E-state index contributed by atoms with van der Waals surface area (Å²) >= 11 is 1.18. The van der Waals surface area contributed by atoms with Crippen LogP contribution in [0.3, 0.4) is 0 Å². The molecule has 1 aliphatic rings. The number of benzene rings is 1. The number of ether oxygens (including phenoxy) is 1. The monoisotopic (exact) mass is 308 g/mol. The van der Waals surface area contributed by atoms with Crippen molar-refractivity contribution in [2.24, 2.45) is 0 Å². The van der Waals surface area contributed by atoms with Gasteiger partial charge < -0.3 is 4.74 Å². The molecule has 0 fully saturated rings. The second-order valence-electron chi connectivity index (χ2n) is 4.53. The van der Waals surface area contributed by atoms with Gasteiger partial charge in [-0.3, -0.25) is 0 Å². The van der Waals surface area contributed by atoms with Crippen molar-refractivity contribution in [3.63, 3.8) is 0 Å². The normalized spacial score (nSPS) is 20.1. The molecular weight excluding hydrogens is 296 g/mol. The van der Waals surface area contributed by atoms with E-state index in [9.17, 15) is 13.2 Å². The first-order valence-corrected chi connectivity index (χ1v) is 8.67. The molecule has 3 rings (SSSR count). The van der Waals surface area contributed by atoms with E-state index in [0.29, 0.717) is 21.8 Å². The predicted octanol–water partition coefficient (Wildman–Crippen LogP) is 2.82. The minimum atomic E-state index is -3.20. The Bertz CT molecular complexity index is 732. The fraction of sp³-hybridized carbons (Fsp3) is 0.214. The molecule has 4 nitrogen and oxygen atoms in total. The first-order chi connectivity index (χ1) is 9.58. The molecule has 0 bridgehead atoms. The number of thiophene rings is 1. The van der Waals surface area contributed by atoms with Crippen molar-refractivity contribution in [3.8, 4) is 0 Å². The lowest BCUT2D eigenvalue weighted by molar-refractivity contribution is 0.0280. The zero-order valence-electron chi connectivity index (χ0n) is 10.5. The average molecular weight is 308 g/mol. The minimum absolute atomic E-state index is 0.0211. The van der Waals surface area contributed by atoms with Crippen LogP contribution in [-0.4, -0.2) is 20.1 Å². The van der Waals surface area contributed by atoms with Gasteiger partial charge in [0.2, 0.25) is 0 Å². The Labute approximate surface area is 120 Å². The van der Waals surface area contributed by atoms with Gasteiger partial charge >= 0.3 is 5.97 Å². The SMILES string of the molecule is O=C(O[C@H]1CCS(=O)(=O)c2sccc21)c1ccccc1. The highest BCUT2D eigenvalue weighted by Crippen LogP contribution is 2.38. The Kier molecular flexibility index (Phi) is 3.35. The van der Waals surface area contributed by atoms with Crippen LogP contribution in [0.5, 0.6) is 0 Å². The van der Waals surface area contributed by atoms with Crippen molar-refractivity contribution >= 4 is 27.1 Å². The van der Waals surface area contributed by atoms with Crippen LogP contribution >= 0.6 is 11.3 Å². The number of carbonyl (C=O) groups excluding carboxylic acids is 1. The van der Waals surface area contributed by atoms with Crippen molar-refractivity contribution in [1.29, 1.82) is 0 Å². The molecule has 0 radical (unpaired) electrons. The summed E-state index contributed by atoms with van der Waals surface area (Å²) in [6.45, 7) is 0. The molecule has 2 aromatic rings. The molecule has 20 heavy (non-hydrogen) atoms. The van der Waals surface area contributed by atoms with Gasteiger partial charge in [0, 0.05) is 12.0 Å². The van der Waals surface area contributed by atoms with Crippen molar-refractivity contribution in [1.82, 2.24) is 0 Å². The Morgan fingerprint density at radius 3 is 2.70 bits per heavy atom. The van der Waals surface area contributed by atoms with E-state index in [1.807, 2.05) is 6.07 Å². The first-order valence-electron chi connectivity index (χ1n) is 6.14. The Hall–Kier alpha value is -1.66. The van der Waals surface area contributed by atoms with Gasteiger partial charge in [-0.1, -0.05) is 18.2 Å². The molecule has 0 saturated carbocycles. The van der Waals surface area contributed by atoms with Gasteiger partial charge in [0.1, 0.15) is 10.3 Å². The highest BCUT2D eigenvalue weighted by atomic mass is 32.2. The number of sulfone groups is 1. The van der Waals surface area contributed by atoms with E-state index in [-0.39, 0.29) is 5.75 Å². The van der Waals surface area contributed by atoms with Crippen LogP contribution in [0.25, 0.3) is 0 Å². The van der Waals surface area contributed by atoms with E-state index >= 15 is 0 Å². The van der Waals surface area contributed by atoms with Gasteiger partial charge in [-0.25, -0.2) is 13.2 Å². The summed E-state index contributed by atoms with van der Waals surface area (Å²) < 4.78 is 29.6. The van der Waals surface area contributed by atoms with E-state index in [0.717, 1.165) is 0 Å². The van der Waals surface area contributed by atoms with Crippen molar-refractivity contribution in [3.05, 3.63) is 52.9 Å². The number of hydrogen-bond donors (Lipinski definition) is 0. The largest absolute Gasteiger partial charge is 0.454 e. The van der Waals surface area contributed by atoms with Gasteiger partial charge in [-0.05, 0) is 23.6 Å². The third kappa shape index (κ3) is 2.36. The lowest BCUT2D eigenvalue weighted by Crippen LogP contribution is -2.22. The summed E-state index contributed by atoms with van der Waals surface area (Å²) in [6.07, 6.45) is -0.169. The van der Waals surface area contributed by atoms with Crippen molar-refractivity contribution < 1.29 is 17.9 Å². The van der Waals surface area contributed by atoms with Crippen molar-refractivity contribution in [2.75, 3.05) is 5.75 Å². The molecule has 1 aromatic heterocycles. The van der Waals surface area contributed by atoms with Gasteiger partial charge in [-0.2, -0.15) is 0 Å². The van der Waals surface area contributed by atoms with E-state index in [2.05, 4.69) is 0 Å². The first kappa shape index (κ1) is 13.3. The maximum Gasteiger partial charge on any atom is 0.338 e. The number of carbonyl (C=O) groups is 1. The van der Waals surface area contributed by atoms with Crippen molar-refractivity contribution in [2.45, 2.75) is 16.7 Å². The van der Waals surface area contributed by atoms with Crippen LogP contribution < -0.4 is 0 Å². The van der Waals surface area contributed by atoms with Gasteiger partial charge in [0.25, 0.3) is 0 Å². The van der Waals surface area contributed by atoms with Crippen LogP contribution in [0.1, 0.15) is 28.4 Å². The molecule has 0 aliphatic carbocycles. The fourth-order valence-corrected chi connectivity index (χ4v) is 5.15. The molecule has 1 aliphatic heterocycles. The predicted molar refractivity (Wildman–Crippen MR) is 75.6 cm³/mol.